The Labute approximate surface area is 141 Å². The molecule has 0 aliphatic carbocycles. The van der Waals surface area contributed by atoms with E-state index in [4.69, 9.17) is 0 Å². The summed E-state index contributed by atoms with van der Waals surface area (Å²) >= 11 is 3.45. The standard InChI is InChI=1S/C17H23BrN4/c1-4-10-22(11-5-2)17-19-13(3)12-16(21-17)20-15-8-6-14(18)7-9-15/h6-9,12H,4-5,10-11H2,1-3H3,(H,19,20,21). The minimum Gasteiger partial charge on any atom is -0.341 e. The van der Waals surface area contributed by atoms with Crippen LogP contribution < -0.4 is 10.2 Å². The number of aromatic nitrogens is 2. The van der Waals surface area contributed by atoms with E-state index in [-0.39, 0.29) is 0 Å². The van der Waals surface area contributed by atoms with Gasteiger partial charge in [0.2, 0.25) is 5.95 Å². The molecule has 2 aromatic rings. The van der Waals surface area contributed by atoms with Gasteiger partial charge in [-0.25, -0.2) is 4.98 Å². The third kappa shape index (κ3) is 4.70. The van der Waals surface area contributed by atoms with Crippen molar-refractivity contribution in [3.63, 3.8) is 0 Å². The zero-order valence-electron chi connectivity index (χ0n) is 13.4. The van der Waals surface area contributed by atoms with Crippen LogP contribution in [0.3, 0.4) is 0 Å². The number of benzene rings is 1. The Hall–Kier alpha value is -1.62. The molecular weight excluding hydrogens is 340 g/mol. The second-order valence-electron chi connectivity index (χ2n) is 5.31. The molecule has 22 heavy (non-hydrogen) atoms. The van der Waals surface area contributed by atoms with E-state index in [0.717, 1.165) is 53.6 Å². The average molecular weight is 363 g/mol. The van der Waals surface area contributed by atoms with Crippen molar-refractivity contribution in [2.24, 2.45) is 0 Å². The summed E-state index contributed by atoms with van der Waals surface area (Å²) < 4.78 is 1.06. The number of rotatable bonds is 7. The SMILES string of the molecule is CCCN(CCC)c1nc(C)cc(Nc2ccc(Br)cc2)n1. The van der Waals surface area contributed by atoms with Crippen molar-refractivity contribution in [2.75, 3.05) is 23.3 Å². The lowest BCUT2D eigenvalue weighted by Gasteiger charge is -2.22. The zero-order valence-corrected chi connectivity index (χ0v) is 15.0. The van der Waals surface area contributed by atoms with Crippen LogP contribution in [-0.4, -0.2) is 23.1 Å². The zero-order chi connectivity index (χ0) is 15.9. The van der Waals surface area contributed by atoms with Crippen LogP contribution in [0.25, 0.3) is 0 Å². The van der Waals surface area contributed by atoms with Crippen LogP contribution in [0.2, 0.25) is 0 Å². The Balaban J connectivity index is 2.23. The number of nitrogens with one attached hydrogen (secondary N) is 1. The topological polar surface area (TPSA) is 41.1 Å². The molecular formula is C17H23BrN4. The van der Waals surface area contributed by atoms with E-state index in [1.165, 1.54) is 0 Å². The second-order valence-corrected chi connectivity index (χ2v) is 6.23. The van der Waals surface area contributed by atoms with Gasteiger partial charge in [-0.15, -0.1) is 0 Å². The summed E-state index contributed by atoms with van der Waals surface area (Å²) in [5, 5.41) is 3.35. The summed E-state index contributed by atoms with van der Waals surface area (Å²) in [6.07, 6.45) is 2.18. The third-order valence-corrected chi connectivity index (χ3v) is 3.76. The molecule has 0 fully saturated rings. The monoisotopic (exact) mass is 362 g/mol. The highest BCUT2D eigenvalue weighted by Gasteiger charge is 2.10. The number of hydrogen-bond acceptors (Lipinski definition) is 4. The number of nitrogens with zero attached hydrogens (tertiary/aromatic N) is 3. The molecule has 0 unspecified atom stereocenters. The van der Waals surface area contributed by atoms with Crippen LogP contribution in [0.5, 0.6) is 0 Å². The smallest absolute Gasteiger partial charge is 0.227 e. The number of anilines is 3. The van der Waals surface area contributed by atoms with E-state index >= 15 is 0 Å². The molecule has 1 heterocycles. The number of aryl methyl sites for hydroxylation is 1. The molecule has 1 aromatic carbocycles. The van der Waals surface area contributed by atoms with E-state index in [9.17, 15) is 0 Å². The first-order chi connectivity index (χ1) is 10.6. The molecule has 0 aliphatic heterocycles. The molecule has 0 spiro atoms. The van der Waals surface area contributed by atoms with Crippen LogP contribution >= 0.6 is 15.9 Å². The van der Waals surface area contributed by atoms with Crippen molar-refractivity contribution in [3.05, 3.63) is 40.5 Å². The van der Waals surface area contributed by atoms with Crippen molar-refractivity contribution in [1.82, 2.24) is 9.97 Å². The second kappa shape index (κ2) is 8.13. The highest BCUT2D eigenvalue weighted by atomic mass is 79.9. The summed E-state index contributed by atoms with van der Waals surface area (Å²) in [6, 6.07) is 10.0. The van der Waals surface area contributed by atoms with Crippen molar-refractivity contribution in [1.29, 1.82) is 0 Å². The predicted octanol–water partition coefficient (Wildman–Crippen LogP) is 4.92. The van der Waals surface area contributed by atoms with Gasteiger partial charge >= 0.3 is 0 Å². The molecule has 0 atom stereocenters. The van der Waals surface area contributed by atoms with E-state index in [0.29, 0.717) is 0 Å². The summed E-state index contributed by atoms with van der Waals surface area (Å²) in [4.78, 5) is 11.5. The first-order valence-corrected chi connectivity index (χ1v) is 8.55. The normalized spacial score (nSPS) is 10.5. The van der Waals surface area contributed by atoms with E-state index in [1.807, 2.05) is 37.3 Å². The van der Waals surface area contributed by atoms with Gasteiger partial charge in [-0.2, -0.15) is 4.98 Å². The van der Waals surface area contributed by atoms with Gasteiger partial charge in [0.1, 0.15) is 5.82 Å². The summed E-state index contributed by atoms with van der Waals surface area (Å²) in [5.74, 6) is 1.64. The maximum atomic E-state index is 4.68. The molecule has 4 nitrogen and oxygen atoms in total. The minimum absolute atomic E-state index is 0.809. The molecule has 0 bridgehead atoms. The fourth-order valence-electron chi connectivity index (χ4n) is 2.29. The van der Waals surface area contributed by atoms with Gasteiger partial charge < -0.3 is 10.2 Å². The Bertz CT molecular complexity index is 592. The van der Waals surface area contributed by atoms with Crippen molar-refractivity contribution >= 4 is 33.4 Å². The average Bonchev–Trinajstić information content (AvgIpc) is 2.49. The van der Waals surface area contributed by atoms with Crippen LogP contribution in [0.1, 0.15) is 32.4 Å². The van der Waals surface area contributed by atoms with Gasteiger partial charge in [-0.1, -0.05) is 29.8 Å². The predicted molar refractivity (Wildman–Crippen MR) is 97.0 cm³/mol. The summed E-state index contributed by atoms with van der Waals surface area (Å²) in [7, 11) is 0. The highest BCUT2D eigenvalue weighted by Crippen LogP contribution is 2.20. The Morgan fingerprint density at radius 1 is 1.05 bits per heavy atom. The molecule has 1 N–H and O–H groups in total. The van der Waals surface area contributed by atoms with Crippen LogP contribution in [-0.2, 0) is 0 Å². The van der Waals surface area contributed by atoms with E-state index < -0.39 is 0 Å². The quantitative estimate of drug-likeness (QED) is 0.758. The molecule has 0 radical (unpaired) electrons. The highest BCUT2D eigenvalue weighted by molar-refractivity contribution is 9.10. The van der Waals surface area contributed by atoms with Gasteiger partial charge in [0.25, 0.3) is 0 Å². The maximum Gasteiger partial charge on any atom is 0.227 e. The van der Waals surface area contributed by atoms with Crippen LogP contribution in [0, 0.1) is 6.92 Å². The lowest BCUT2D eigenvalue weighted by molar-refractivity contribution is 0.720. The molecule has 2 rings (SSSR count). The van der Waals surface area contributed by atoms with Crippen molar-refractivity contribution < 1.29 is 0 Å². The summed E-state index contributed by atoms with van der Waals surface area (Å²) in [5.41, 5.74) is 1.99. The molecule has 5 heteroatoms. The number of halogens is 1. The molecule has 0 amide bonds. The lowest BCUT2D eigenvalue weighted by atomic mass is 10.3. The van der Waals surface area contributed by atoms with Gasteiger partial charge in [0, 0.05) is 35.0 Å². The lowest BCUT2D eigenvalue weighted by Crippen LogP contribution is -2.27. The molecule has 1 aromatic heterocycles. The first-order valence-electron chi connectivity index (χ1n) is 7.75. The largest absolute Gasteiger partial charge is 0.341 e. The number of hydrogen-bond donors (Lipinski definition) is 1. The first kappa shape index (κ1) is 16.7. The van der Waals surface area contributed by atoms with Crippen LogP contribution in [0.4, 0.5) is 17.5 Å². The maximum absolute atomic E-state index is 4.68. The molecule has 118 valence electrons. The minimum atomic E-state index is 0.809. The third-order valence-electron chi connectivity index (χ3n) is 3.23. The summed E-state index contributed by atoms with van der Waals surface area (Å²) in [6.45, 7) is 8.33. The Morgan fingerprint density at radius 3 is 2.27 bits per heavy atom. The van der Waals surface area contributed by atoms with Gasteiger partial charge in [0.15, 0.2) is 0 Å². The van der Waals surface area contributed by atoms with Crippen molar-refractivity contribution in [3.8, 4) is 0 Å². The van der Waals surface area contributed by atoms with E-state index in [1.54, 1.807) is 0 Å². The van der Waals surface area contributed by atoms with Gasteiger partial charge in [0.05, 0.1) is 0 Å². The molecule has 0 aliphatic rings. The van der Waals surface area contributed by atoms with E-state index in [2.05, 4.69) is 50.0 Å². The van der Waals surface area contributed by atoms with Gasteiger partial charge in [-0.3, -0.25) is 0 Å². The van der Waals surface area contributed by atoms with Crippen molar-refractivity contribution in [2.45, 2.75) is 33.6 Å². The fourth-order valence-corrected chi connectivity index (χ4v) is 2.56. The molecule has 0 saturated carbocycles. The fraction of sp³-hybridized carbons (Fsp3) is 0.412. The van der Waals surface area contributed by atoms with Gasteiger partial charge in [-0.05, 0) is 44.0 Å². The van der Waals surface area contributed by atoms with Crippen LogP contribution in [0.15, 0.2) is 34.8 Å². The Morgan fingerprint density at radius 2 is 1.68 bits per heavy atom. The molecule has 0 saturated heterocycles. The Kier molecular flexibility index (Phi) is 6.19.